The molecule has 1 saturated carbocycles. The van der Waals surface area contributed by atoms with Crippen LogP contribution in [0.5, 0.6) is 0 Å². The van der Waals surface area contributed by atoms with Gasteiger partial charge < -0.3 is 29.7 Å². The predicted octanol–water partition coefficient (Wildman–Crippen LogP) is 4.05. The molecule has 0 unspecified atom stereocenters. The van der Waals surface area contributed by atoms with Gasteiger partial charge in [0.15, 0.2) is 5.54 Å². The van der Waals surface area contributed by atoms with Gasteiger partial charge in [-0.15, -0.1) is 0 Å². The first-order valence-electron chi connectivity index (χ1n) is 15.3. The number of carbonyl (C=O) groups is 5. The van der Waals surface area contributed by atoms with E-state index >= 15 is 0 Å². The van der Waals surface area contributed by atoms with Crippen LogP contribution in [0.2, 0.25) is 0 Å². The lowest BCUT2D eigenvalue weighted by atomic mass is 10.0. The molecule has 4 atom stereocenters. The largest absolute Gasteiger partial charge is 0.464 e. The van der Waals surface area contributed by atoms with E-state index in [0.29, 0.717) is 12.8 Å². The second-order valence-electron chi connectivity index (χ2n) is 12.7. The quantitative estimate of drug-likeness (QED) is 0.281. The molecule has 2 heterocycles. The summed E-state index contributed by atoms with van der Waals surface area (Å²) in [6.07, 6.45) is -0.956. The van der Waals surface area contributed by atoms with Gasteiger partial charge in [-0.3, -0.25) is 9.59 Å². The van der Waals surface area contributed by atoms with E-state index in [0.717, 1.165) is 6.08 Å². The van der Waals surface area contributed by atoms with Crippen molar-refractivity contribution in [2.24, 2.45) is 0 Å². The number of hydrogen-bond acceptors (Lipinski definition) is 8. The van der Waals surface area contributed by atoms with Crippen molar-refractivity contribution in [1.29, 1.82) is 0 Å². The summed E-state index contributed by atoms with van der Waals surface area (Å²) in [4.78, 5) is 67.6. The Labute approximate surface area is 261 Å². The summed E-state index contributed by atoms with van der Waals surface area (Å²) in [5.74, 6) is -6.20. The van der Waals surface area contributed by atoms with Crippen LogP contribution in [0.4, 0.5) is 13.6 Å². The summed E-state index contributed by atoms with van der Waals surface area (Å²) in [6.45, 7) is 6.34. The number of rotatable bonds is 5. The van der Waals surface area contributed by atoms with E-state index in [9.17, 15) is 32.8 Å². The fraction of sp³-hybridized carbons (Fsp3) is 0.594. The molecule has 1 aromatic rings. The van der Waals surface area contributed by atoms with Crippen molar-refractivity contribution in [2.45, 2.75) is 108 Å². The van der Waals surface area contributed by atoms with E-state index in [1.165, 1.54) is 4.90 Å². The minimum Gasteiger partial charge on any atom is -0.464 e. The number of halogens is 2. The summed E-state index contributed by atoms with van der Waals surface area (Å²) in [5, 5.41) is 5.16. The predicted molar refractivity (Wildman–Crippen MR) is 157 cm³/mol. The molecule has 0 radical (unpaired) electrons. The number of allylic oxidation sites excluding steroid dienone is 1. The van der Waals surface area contributed by atoms with Crippen LogP contribution < -0.4 is 10.6 Å². The van der Waals surface area contributed by atoms with Crippen molar-refractivity contribution in [1.82, 2.24) is 15.5 Å². The molecule has 1 saturated heterocycles. The Kier molecular flexibility index (Phi) is 10.2. The highest BCUT2D eigenvalue weighted by molar-refractivity contribution is 5.99. The van der Waals surface area contributed by atoms with Gasteiger partial charge in [0.1, 0.15) is 23.8 Å². The molecule has 246 valence electrons. The van der Waals surface area contributed by atoms with Crippen LogP contribution in [0.3, 0.4) is 0 Å². The van der Waals surface area contributed by atoms with Gasteiger partial charge in [-0.05, 0) is 64.3 Å². The van der Waals surface area contributed by atoms with Gasteiger partial charge in [0.25, 0.3) is 5.92 Å². The number of alkyl halides is 2. The van der Waals surface area contributed by atoms with Crippen molar-refractivity contribution in [3.8, 4) is 0 Å². The van der Waals surface area contributed by atoms with E-state index < -0.39 is 71.5 Å². The number of benzene rings is 1. The SMILES string of the molecule is CCOC(=O)[C@@]12CC1=CC(F)(F)CCCCC[C@H](NC(=O)OC(C)(C)C)C(=O)N1C[C@@H](OC(=O)c3ccccc3)C[C@H]1C(=O)N2. The Morgan fingerprint density at radius 3 is 2.47 bits per heavy atom. The van der Waals surface area contributed by atoms with Gasteiger partial charge in [0, 0.05) is 19.3 Å². The Morgan fingerprint density at radius 2 is 1.80 bits per heavy atom. The molecule has 1 aliphatic carbocycles. The highest BCUT2D eigenvalue weighted by Gasteiger charge is 2.60. The minimum atomic E-state index is -3.24. The fourth-order valence-electron chi connectivity index (χ4n) is 5.63. The van der Waals surface area contributed by atoms with Crippen LogP contribution in [0.25, 0.3) is 0 Å². The van der Waals surface area contributed by atoms with E-state index in [4.69, 9.17) is 14.2 Å². The summed E-state index contributed by atoms with van der Waals surface area (Å²) in [7, 11) is 0. The third-order valence-corrected chi connectivity index (χ3v) is 7.85. The van der Waals surface area contributed by atoms with Crippen LogP contribution in [0.1, 0.15) is 83.0 Å². The van der Waals surface area contributed by atoms with E-state index in [2.05, 4.69) is 10.6 Å². The molecule has 45 heavy (non-hydrogen) atoms. The lowest BCUT2D eigenvalue weighted by Gasteiger charge is -2.30. The summed E-state index contributed by atoms with van der Waals surface area (Å²) >= 11 is 0. The average Bonchev–Trinajstić information content (AvgIpc) is 3.45. The van der Waals surface area contributed by atoms with Crippen LogP contribution >= 0.6 is 0 Å². The van der Waals surface area contributed by atoms with Crippen LogP contribution in [0.15, 0.2) is 42.0 Å². The third kappa shape index (κ3) is 8.58. The van der Waals surface area contributed by atoms with Crippen LogP contribution in [-0.2, 0) is 28.6 Å². The molecular weight excluding hydrogens is 592 g/mol. The summed E-state index contributed by atoms with van der Waals surface area (Å²) in [5.41, 5.74) is -2.35. The molecule has 2 fully saturated rings. The van der Waals surface area contributed by atoms with Crippen LogP contribution in [-0.4, -0.2) is 83.1 Å². The first-order valence-corrected chi connectivity index (χ1v) is 15.3. The van der Waals surface area contributed by atoms with Gasteiger partial charge in [-0.1, -0.05) is 31.0 Å². The Morgan fingerprint density at radius 1 is 1.09 bits per heavy atom. The molecule has 13 heteroatoms. The molecule has 2 N–H and O–H groups in total. The maximum absolute atomic E-state index is 14.9. The van der Waals surface area contributed by atoms with E-state index in [1.807, 2.05) is 0 Å². The van der Waals surface area contributed by atoms with Gasteiger partial charge in [-0.2, -0.15) is 0 Å². The third-order valence-electron chi connectivity index (χ3n) is 7.85. The first kappa shape index (κ1) is 33.9. The lowest BCUT2D eigenvalue weighted by molar-refractivity contribution is -0.149. The van der Waals surface area contributed by atoms with Crippen LogP contribution in [0, 0.1) is 0 Å². The van der Waals surface area contributed by atoms with Crippen molar-refractivity contribution < 1.29 is 47.0 Å². The molecule has 3 aliphatic rings. The minimum absolute atomic E-state index is 0.0292. The van der Waals surface area contributed by atoms with E-state index in [1.54, 1.807) is 58.0 Å². The van der Waals surface area contributed by atoms with Crippen molar-refractivity contribution in [3.05, 3.63) is 47.5 Å². The number of amides is 3. The number of carbonyl (C=O) groups excluding carboxylic acids is 5. The van der Waals surface area contributed by atoms with Gasteiger partial charge in [0.2, 0.25) is 11.8 Å². The second kappa shape index (κ2) is 13.5. The molecule has 0 bridgehead atoms. The Hall–Kier alpha value is -4.03. The van der Waals surface area contributed by atoms with Gasteiger partial charge in [0.05, 0.1) is 18.7 Å². The van der Waals surface area contributed by atoms with Crippen molar-refractivity contribution >= 4 is 29.8 Å². The number of nitrogens with one attached hydrogen (secondary N) is 2. The lowest BCUT2D eigenvalue weighted by Crippen LogP contribution is -2.56. The number of ether oxygens (including phenoxy) is 3. The van der Waals surface area contributed by atoms with Gasteiger partial charge >= 0.3 is 18.0 Å². The molecule has 0 aromatic heterocycles. The number of nitrogens with zero attached hydrogens (tertiary/aromatic N) is 1. The zero-order chi connectivity index (χ0) is 33.0. The number of hydrogen-bond donors (Lipinski definition) is 2. The molecule has 3 amide bonds. The monoisotopic (exact) mass is 633 g/mol. The van der Waals surface area contributed by atoms with Crippen molar-refractivity contribution in [3.63, 3.8) is 0 Å². The maximum atomic E-state index is 14.9. The molecule has 11 nitrogen and oxygen atoms in total. The zero-order valence-corrected chi connectivity index (χ0v) is 26.0. The highest BCUT2D eigenvalue weighted by Crippen LogP contribution is 2.47. The number of esters is 2. The zero-order valence-electron chi connectivity index (χ0n) is 26.0. The van der Waals surface area contributed by atoms with Crippen molar-refractivity contribution in [2.75, 3.05) is 13.2 Å². The molecule has 4 rings (SSSR count). The molecule has 0 spiro atoms. The second-order valence-corrected chi connectivity index (χ2v) is 12.7. The standard InChI is InChI=1S/C32H41F2N3O8/c1-5-43-28(41)32-18-21(32)17-31(33,34)15-11-7-10-14-23(35-29(42)45-30(2,3)4)26(39)37-19-22(16-24(37)25(38)36-32)44-27(40)20-12-8-6-9-13-20/h6,8-9,12-13,17,22-24H,5,7,10-11,14-16,18-19H2,1-4H3,(H,35,42)(H,36,38)/t22-,23-,24-,32+/m0/s1. The average molecular weight is 634 g/mol. The Bertz CT molecular complexity index is 1330. The summed E-state index contributed by atoms with van der Waals surface area (Å²) in [6, 6.07) is 5.80. The highest BCUT2D eigenvalue weighted by atomic mass is 19.3. The first-order chi connectivity index (χ1) is 21.1. The topological polar surface area (TPSA) is 140 Å². The number of alkyl carbamates (subject to hydrolysis) is 1. The molecular formula is C32H41F2N3O8. The molecule has 1 aromatic carbocycles. The van der Waals surface area contributed by atoms with Gasteiger partial charge in [-0.25, -0.2) is 23.2 Å². The maximum Gasteiger partial charge on any atom is 0.408 e. The smallest absolute Gasteiger partial charge is 0.408 e. The molecule has 2 aliphatic heterocycles. The Balaban J connectivity index is 1.66. The normalized spacial score (nSPS) is 26.9. The van der Waals surface area contributed by atoms with E-state index in [-0.39, 0.29) is 50.0 Å². The fourth-order valence-corrected chi connectivity index (χ4v) is 5.63. The summed E-state index contributed by atoms with van der Waals surface area (Å²) < 4.78 is 46.0. The number of fused-ring (bicyclic) bond motifs is 2.